The molecule has 0 aromatic heterocycles. The van der Waals surface area contributed by atoms with Gasteiger partial charge < -0.3 is 20.3 Å². The van der Waals surface area contributed by atoms with Crippen LogP contribution in [0.3, 0.4) is 0 Å². The molecule has 6 heteroatoms. The first-order chi connectivity index (χ1) is 30.0. The van der Waals surface area contributed by atoms with Crippen LogP contribution in [0.2, 0.25) is 0 Å². The Kier molecular flexibility index (Phi) is 49.1. The van der Waals surface area contributed by atoms with Crippen molar-refractivity contribution in [3.05, 3.63) is 36.5 Å². The predicted molar refractivity (Wildman–Crippen MR) is 264 cm³/mol. The highest BCUT2D eigenvalue weighted by atomic mass is 16.5. The van der Waals surface area contributed by atoms with Gasteiger partial charge in [0.1, 0.15) is 0 Å². The number of aliphatic hydroxyl groups is 2. The summed E-state index contributed by atoms with van der Waals surface area (Å²) in [5.74, 6) is -0.0632. The summed E-state index contributed by atoms with van der Waals surface area (Å²) in [6.07, 6.45) is 61.2. The van der Waals surface area contributed by atoms with Gasteiger partial charge in [-0.3, -0.25) is 9.59 Å². The third-order valence-corrected chi connectivity index (χ3v) is 12.1. The second-order valence-electron chi connectivity index (χ2n) is 18.2. The van der Waals surface area contributed by atoms with Gasteiger partial charge in [0.2, 0.25) is 5.91 Å². The summed E-state index contributed by atoms with van der Waals surface area (Å²) in [7, 11) is 0. The lowest BCUT2D eigenvalue weighted by Crippen LogP contribution is -2.45. The van der Waals surface area contributed by atoms with Gasteiger partial charge in [0.25, 0.3) is 0 Å². The molecule has 0 heterocycles. The number of rotatable bonds is 49. The quantitative estimate of drug-likeness (QED) is 0.0322. The SMILES string of the molecule is CCC/C=C\C/C=C\CCCCCCCC(=O)OCCCCCCCCCCC/C=C\CCCCCCCC(=O)NC(CO)C(O)CCCCCCCCCCCCCCC. The van der Waals surface area contributed by atoms with E-state index in [0.29, 0.717) is 25.9 Å². The molecular weight excluding hydrogens is 755 g/mol. The van der Waals surface area contributed by atoms with Gasteiger partial charge in [-0.2, -0.15) is 0 Å². The van der Waals surface area contributed by atoms with E-state index >= 15 is 0 Å². The van der Waals surface area contributed by atoms with E-state index in [1.54, 1.807) is 0 Å². The van der Waals surface area contributed by atoms with Crippen LogP contribution >= 0.6 is 0 Å². The van der Waals surface area contributed by atoms with Crippen LogP contribution in [0, 0.1) is 0 Å². The molecule has 0 radical (unpaired) electrons. The minimum atomic E-state index is -0.672. The van der Waals surface area contributed by atoms with E-state index in [9.17, 15) is 19.8 Å². The fourth-order valence-corrected chi connectivity index (χ4v) is 8.02. The molecule has 2 unspecified atom stereocenters. The first kappa shape index (κ1) is 59.1. The van der Waals surface area contributed by atoms with Crippen molar-refractivity contribution in [3.63, 3.8) is 0 Å². The van der Waals surface area contributed by atoms with E-state index in [1.807, 2.05) is 0 Å². The average molecular weight is 858 g/mol. The molecule has 358 valence electrons. The predicted octanol–water partition coefficient (Wildman–Crippen LogP) is 16.1. The van der Waals surface area contributed by atoms with Crippen LogP contribution in [0.1, 0.15) is 277 Å². The van der Waals surface area contributed by atoms with E-state index in [0.717, 1.165) is 70.6 Å². The standard InChI is InChI=1S/C55H103NO5/c1-3-5-7-9-11-13-15-23-27-31-35-39-43-47-53(58)52(51-57)56-54(59)48-44-40-36-32-28-25-21-19-17-18-20-22-26-30-34-38-42-46-50-61-55(60)49-45-41-37-33-29-24-16-14-12-10-8-6-4-2/h8,10,14,16,19,21,52-53,57-58H,3-7,9,11-13,15,17-18,20,22-51H2,1-2H3,(H,56,59)/b10-8-,16-14-,21-19-. The number of aliphatic hydroxyl groups excluding tert-OH is 2. The Hall–Kier alpha value is -1.92. The summed E-state index contributed by atoms with van der Waals surface area (Å²) in [5, 5.41) is 23.2. The van der Waals surface area contributed by atoms with Gasteiger partial charge in [-0.05, 0) is 77.0 Å². The molecular formula is C55H103NO5. The number of esters is 1. The fourth-order valence-electron chi connectivity index (χ4n) is 8.02. The highest BCUT2D eigenvalue weighted by Crippen LogP contribution is 2.16. The van der Waals surface area contributed by atoms with Crippen molar-refractivity contribution < 1.29 is 24.5 Å². The van der Waals surface area contributed by atoms with Crippen LogP contribution in [-0.4, -0.2) is 47.4 Å². The van der Waals surface area contributed by atoms with Gasteiger partial charge in [-0.1, -0.05) is 224 Å². The molecule has 0 aromatic carbocycles. The smallest absolute Gasteiger partial charge is 0.305 e. The molecule has 6 nitrogen and oxygen atoms in total. The molecule has 0 rings (SSSR count). The molecule has 1 amide bonds. The van der Waals surface area contributed by atoms with Crippen molar-refractivity contribution in [1.29, 1.82) is 0 Å². The molecule has 0 aliphatic rings. The highest BCUT2D eigenvalue weighted by Gasteiger charge is 2.20. The normalized spacial score (nSPS) is 12.9. The number of carbonyl (C=O) groups is 2. The number of amides is 1. The van der Waals surface area contributed by atoms with Gasteiger partial charge in [0.05, 0.1) is 25.4 Å². The first-order valence-electron chi connectivity index (χ1n) is 26.7. The van der Waals surface area contributed by atoms with Crippen LogP contribution < -0.4 is 5.32 Å². The molecule has 0 aliphatic carbocycles. The van der Waals surface area contributed by atoms with E-state index in [1.165, 1.54) is 173 Å². The lowest BCUT2D eigenvalue weighted by atomic mass is 10.0. The molecule has 0 saturated carbocycles. The Balaban J connectivity index is 3.46. The Morgan fingerprint density at radius 2 is 0.852 bits per heavy atom. The summed E-state index contributed by atoms with van der Waals surface area (Å²) < 4.78 is 5.45. The lowest BCUT2D eigenvalue weighted by molar-refractivity contribution is -0.143. The van der Waals surface area contributed by atoms with Crippen molar-refractivity contribution in [2.45, 2.75) is 289 Å². The van der Waals surface area contributed by atoms with Crippen molar-refractivity contribution >= 4 is 11.9 Å². The molecule has 3 N–H and O–H groups in total. The van der Waals surface area contributed by atoms with Crippen molar-refractivity contribution in [2.24, 2.45) is 0 Å². The third kappa shape index (κ3) is 47.4. The summed E-state index contributed by atoms with van der Waals surface area (Å²) in [6.45, 7) is 4.86. The number of ether oxygens (including phenoxy) is 1. The summed E-state index contributed by atoms with van der Waals surface area (Å²) in [4.78, 5) is 24.4. The molecule has 0 aliphatic heterocycles. The number of hydrogen-bond acceptors (Lipinski definition) is 5. The molecule has 0 aromatic rings. The summed E-state index contributed by atoms with van der Waals surface area (Å²) >= 11 is 0. The van der Waals surface area contributed by atoms with E-state index in [4.69, 9.17) is 4.74 Å². The fraction of sp³-hybridized carbons (Fsp3) is 0.855. The highest BCUT2D eigenvalue weighted by molar-refractivity contribution is 5.76. The second-order valence-corrected chi connectivity index (χ2v) is 18.2. The number of carbonyl (C=O) groups excluding carboxylic acids is 2. The minimum Gasteiger partial charge on any atom is -0.466 e. The van der Waals surface area contributed by atoms with Gasteiger partial charge >= 0.3 is 5.97 Å². The van der Waals surface area contributed by atoms with Gasteiger partial charge in [-0.25, -0.2) is 0 Å². The number of hydrogen-bond donors (Lipinski definition) is 3. The van der Waals surface area contributed by atoms with Crippen molar-refractivity contribution in [1.82, 2.24) is 5.32 Å². The van der Waals surface area contributed by atoms with Gasteiger partial charge in [0, 0.05) is 12.8 Å². The van der Waals surface area contributed by atoms with E-state index in [2.05, 4.69) is 55.6 Å². The molecule has 0 bridgehead atoms. The number of unbranched alkanes of at least 4 members (excludes halogenated alkanes) is 32. The minimum absolute atomic E-state index is 0.0129. The van der Waals surface area contributed by atoms with Crippen LogP contribution in [0.15, 0.2) is 36.5 Å². The number of nitrogens with one attached hydrogen (secondary N) is 1. The molecule has 0 saturated heterocycles. The van der Waals surface area contributed by atoms with Gasteiger partial charge in [-0.15, -0.1) is 0 Å². The maximum absolute atomic E-state index is 12.4. The maximum atomic E-state index is 12.4. The van der Waals surface area contributed by atoms with Crippen LogP contribution in [-0.2, 0) is 14.3 Å². The second kappa shape index (κ2) is 50.7. The van der Waals surface area contributed by atoms with Crippen LogP contribution in [0.5, 0.6) is 0 Å². The number of allylic oxidation sites excluding steroid dienone is 6. The van der Waals surface area contributed by atoms with Crippen molar-refractivity contribution in [3.8, 4) is 0 Å². The monoisotopic (exact) mass is 858 g/mol. The Morgan fingerprint density at radius 3 is 1.33 bits per heavy atom. The Bertz CT molecular complexity index is 993. The third-order valence-electron chi connectivity index (χ3n) is 12.1. The Morgan fingerprint density at radius 1 is 0.459 bits per heavy atom. The summed E-state index contributed by atoms with van der Waals surface area (Å²) in [5.41, 5.74) is 0. The van der Waals surface area contributed by atoms with Crippen molar-refractivity contribution in [2.75, 3.05) is 13.2 Å². The van der Waals surface area contributed by atoms with Gasteiger partial charge in [0.15, 0.2) is 0 Å². The largest absolute Gasteiger partial charge is 0.466 e. The molecule has 61 heavy (non-hydrogen) atoms. The lowest BCUT2D eigenvalue weighted by Gasteiger charge is -2.22. The van der Waals surface area contributed by atoms with Crippen LogP contribution in [0.4, 0.5) is 0 Å². The summed E-state index contributed by atoms with van der Waals surface area (Å²) in [6, 6.07) is -0.551. The average Bonchev–Trinajstić information content (AvgIpc) is 3.26. The van der Waals surface area contributed by atoms with E-state index < -0.39 is 12.1 Å². The zero-order chi connectivity index (χ0) is 44.4. The maximum Gasteiger partial charge on any atom is 0.305 e. The Labute approximate surface area is 379 Å². The first-order valence-corrected chi connectivity index (χ1v) is 26.7. The molecule has 2 atom stereocenters. The zero-order valence-corrected chi connectivity index (χ0v) is 40.6. The van der Waals surface area contributed by atoms with E-state index in [-0.39, 0.29) is 18.5 Å². The zero-order valence-electron chi connectivity index (χ0n) is 40.6. The molecule has 0 fully saturated rings. The molecule has 0 spiro atoms. The van der Waals surface area contributed by atoms with Crippen LogP contribution in [0.25, 0.3) is 0 Å². The topological polar surface area (TPSA) is 95.9 Å².